The number of fused-ring (bicyclic) bond motifs is 2. The number of benzene rings is 1. The summed E-state index contributed by atoms with van der Waals surface area (Å²) >= 11 is 0. The van der Waals surface area contributed by atoms with Crippen LogP contribution in [-0.2, 0) is 6.42 Å². The highest BCUT2D eigenvalue weighted by molar-refractivity contribution is 5.77. The van der Waals surface area contributed by atoms with Gasteiger partial charge in [-0.1, -0.05) is 6.07 Å². The van der Waals surface area contributed by atoms with Crippen LogP contribution in [0.25, 0.3) is 11.1 Å². The summed E-state index contributed by atoms with van der Waals surface area (Å²) < 4.78 is 5.50. The molecule has 0 bridgehead atoms. The molecule has 0 radical (unpaired) electrons. The number of oxazole rings is 1. The maximum atomic E-state index is 5.50. The molecule has 4 nitrogen and oxygen atoms in total. The normalized spacial score (nSPS) is 17.4. The second-order valence-electron chi connectivity index (χ2n) is 5.20. The molecule has 1 aliphatic carbocycles. The van der Waals surface area contributed by atoms with Crippen LogP contribution in [0.2, 0.25) is 0 Å². The Morgan fingerprint density at radius 1 is 1.30 bits per heavy atom. The van der Waals surface area contributed by atoms with Crippen molar-refractivity contribution in [2.24, 2.45) is 0 Å². The molecule has 0 aliphatic heterocycles. The first-order chi connectivity index (χ1) is 9.79. The van der Waals surface area contributed by atoms with Crippen LogP contribution < -0.4 is 5.32 Å². The van der Waals surface area contributed by atoms with Crippen LogP contribution in [-0.4, -0.2) is 9.97 Å². The first kappa shape index (κ1) is 11.5. The zero-order valence-corrected chi connectivity index (χ0v) is 11.3. The number of nitrogens with zero attached hydrogens (tertiary/aromatic N) is 2. The van der Waals surface area contributed by atoms with E-state index in [1.165, 1.54) is 11.3 Å². The van der Waals surface area contributed by atoms with Crippen LogP contribution in [0.5, 0.6) is 0 Å². The molecule has 1 N–H and O–H groups in total. The minimum absolute atomic E-state index is 0.289. The number of anilines is 1. The lowest BCUT2D eigenvalue weighted by Crippen LogP contribution is -2.08. The third-order valence-corrected chi connectivity index (χ3v) is 3.79. The largest absolute Gasteiger partial charge is 0.441 e. The summed E-state index contributed by atoms with van der Waals surface area (Å²) in [6, 6.07) is 10.5. The summed E-state index contributed by atoms with van der Waals surface area (Å²) in [5, 5.41) is 3.55. The average molecular weight is 265 g/mol. The molecule has 2 aromatic heterocycles. The van der Waals surface area contributed by atoms with E-state index in [0.29, 0.717) is 5.89 Å². The van der Waals surface area contributed by atoms with Gasteiger partial charge in [-0.15, -0.1) is 0 Å². The third kappa shape index (κ3) is 1.84. The van der Waals surface area contributed by atoms with Crippen molar-refractivity contribution in [2.45, 2.75) is 25.8 Å². The van der Waals surface area contributed by atoms with Crippen LogP contribution in [0, 0.1) is 6.92 Å². The number of rotatable bonds is 2. The van der Waals surface area contributed by atoms with Gasteiger partial charge in [0.1, 0.15) is 5.52 Å². The van der Waals surface area contributed by atoms with Crippen LogP contribution in [0.3, 0.4) is 0 Å². The predicted octanol–water partition coefficient (Wildman–Crippen LogP) is 3.63. The van der Waals surface area contributed by atoms with E-state index < -0.39 is 0 Å². The van der Waals surface area contributed by atoms with Gasteiger partial charge < -0.3 is 9.73 Å². The molecule has 1 aliphatic rings. The lowest BCUT2D eigenvalue weighted by Gasteiger charge is -2.14. The summed E-state index contributed by atoms with van der Waals surface area (Å²) in [5.41, 5.74) is 5.31. The van der Waals surface area contributed by atoms with Crippen LogP contribution in [0.15, 0.2) is 40.9 Å². The topological polar surface area (TPSA) is 51.0 Å². The summed E-state index contributed by atoms with van der Waals surface area (Å²) in [4.78, 5) is 8.88. The Kier molecular flexibility index (Phi) is 2.49. The van der Waals surface area contributed by atoms with Gasteiger partial charge in [-0.2, -0.15) is 0 Å². The minimum Gasteiger partial charge on any atom is -0.441 e. The molecule has 4 rings (SSSR count). The van der Waals surface area contributed by atoms with E-state index in [2.05, 4.69) is 21.4 Å². The maximum absolute atomic E-state index is 5.50. The van der Waals surface area contributed by atoms with E-state index in [1.807, 2.05) is 37.4 Å². The van der Waals surface area contributed by atoms with Gasteiger partial charge in [-0.25, -0.2) is 4.98 Å². The predicted molar refractivity (Wildman–Crippen MR) is 77.7 cm³/mol. The minimum atomic E-state index is 0.289. The fourth-order valence-electron chi connectivity index (χ4n) is 2.89. The van der Waals surface area contributed by atoms with Gasteiger partial charge in [0.25, 0.3) is 0 Å². The van der Waals surface area contributed by atoms with Crippen molar-refractivity contribution in [3.05, 3.63) is 53.7 Å². The van der Waals surface area contributed by atoms with Gasteiger partial charge in [0.15, 0.2) is 11.5 Å². The monoisotopic (exact) mass is 265 g/mol. The number of aromatic nitrogens is 2. The Bertz CT molecular complexity index is 778. The average Bonchev–Trinajstić information content (AvgIpc) is 3.02. The van der Waals surface area contributed by atoms with E-state index in [1.54, 1.807) is 0 Å². The maximum Gasteiger partial charge on any atom is 0.192 e. The van der Waals surface area contributed by atoms with Gasteiger partial charge in [0, 0.05) is 18.8 Å². The fourth-order valence-corrected chi connectivity index (χ4v) is 2.89. The lowest BCUT2D eigenvalue weighted by atomic mass is 10.2. The van der Waals surface area contributed by atoms with Crippen molar-refractivity contribution < 1.29 is 4.42 Å². The van der Waals surface area contributed by atoms with E-state index in [9.17, 15) is 0 Å². The van der Waals surface area contributed by atoms with E-state index in [4.69, 9.17) is 4.42 Å². The first-order valence-corrected chi connectivity index (χ1v) is 6.87. The van der Waals surface area contributed by atoms with Crippen molar-refractivity contribution in [3.63, 3.8) is 0 Å². The van der Waals surface area contributed by atoms with E-state index in [-0.39, 0.29) is 6.04 Å². The molecule has 0 amide bonds. The molecule has 1 atom stereocenters. The summed E-state index contributed by atoms with van der Waals surface area (Å²) in [5.74, 6) is 0.699. The van der Waals surface area contributed by atoms with Crippen molar-refractivity contribution in [1.82, 2.24) is 9.97 Å². The first-order valence-electron chi connectivity index (χ1n) is 6.87. The number of hydrogen-bond acceptors (Lipinski definition) is 4. The molecular formula is C16H15N3O. The molecular weight excluding hydrogens is 250 g/mol. The molecule has 3 aromatic rings. The van der Waals surface area contributed by atoms with Crippen molar-refractivity contribution in [3.8, 4) is 0 Å². The molecule has 0 saturated carbocycles. The molecule has 4 heteroatoms. The van der Waals surface area contributed by atoms with Crippen LogP contribution in [0.4, 0.5) is 5.69 Å². The van der Waals surface area contributed by atoms with Gasteiger partial charge in [0.2, 0.25) is 0 Å². The van der Waals surface area contributed by atoms with Crippen LogP contribution in [0.1, 0.15) is 29.6 Å². The highest BCUT2D eigenvalue weighted by Gasteiger charge is 2.23. The number of aryl methyl sites for hydroxylation is 2. The summed E-state index contributed by atoms with van der Waals surface area (Å²) in [7, 11) is 0. The zero-order chi connectivity index (χ0) is 13.5. The SMILES string of the molecule is Cc1nc2cc(NC3CCc4cccnc43)ccc2o1. The number of hydrogen-bond donors (Lipinski definition) is 1. The van der Waals surface area contributed by atoms with Crippen molar-refractivity contribution in [2.75, 3.05) is 5.32 Å². The van der Waals surface area contributed by atoms with Gasteiger partial charge in [-0.05, 0) is 42.7 Å². The van der Waals surface area contributed by atoms with E-state index in [0.717, 1.165) is 29.6 Å². The standard InChI is InChI=1S/C16H15N3O/c1-10-18-14-9-12(5-7-15(14)20-10)19-13-6-4-11-3-2-8-17-16(11)13/h2-3,5,7-9,13,19H,4,6H2,1H3. The molecule has 0 spiro atoms. The van der Waals surface area contributed by atoms with Crippen LogP contribution >= 0.6 is 0 Å². The molecule has 100 valence electrons. The summed E-state index contributed by atoms with van der Waals surface area (Å²) in [6.45, 7) is 1.87. The Morgan fingerprint density at radius 3 is 3.20 bits per heavy atom. The highest BCUT2D eigenvalue weighted by atomic mass is 16.3. The molecule has 1 unspecified atom stereocenters. The van der Waals surface area contributed by atoms with Crippen molar-refractivity contribution >= 4 is 16.8 Å². The van der Waals surface area contributed by atoms with Crippen molar-refractivity contribution in [1.29, 1.82) is 0 Å². The quantitative estimate of drug-likeness (QED) is 0.768. The number of pyridine rings is 1. The molecule has 2 heterocycles. The highest BCUT2D eigenvalue weighted by Crippen LogP contribution is 2.32. The Hall–Kier alpha value is -2.36. The smallest absolute Gasteiger partial charge is 0.192 e. The molecule has 1 aromatic carbocycles. The fraction of sp³-hybridized carbons (Fsp3) is 0.250. The second kappa shape index (κ2) is 4.34. The number of nitrogens with one attached hydrogen (secondary N) is 1. The van der Waals surface area contributed by atoms with Gasteiger partial charge >= 0.3 is 0 Å². The van der Waals surface area contributed by atoms with Gasteiger partial charge in [-0.3, -0.25) is 4.98 Å². The van der Waals surface area contributed by atoms with E-state index >= 15 is 0 Å². The molecule has 0 fully saturated rings. The van der Waals surface area contributed by atoms with Gasteiger partial charge in [0.05, 0.1) is 11.7 Å². The summed E-state index contributed by atoms with van der Waals surface area (Å²) in [6.07, 6.45) is 4.04. The zero-order valence-electron chi connectivity index (χ0n) is 11.3. The molecule has 20 heavy (non-hydrogen) atoms. The third-order valence-electron chi connectivity index (χ3n) is 3.79. The second-order valence-corrected chi connectivity index (χ2v) is 5.20. The lowest BCUT2D eigenvalue weighted by molar-refractivity contribution is 0.561. The Balaban J connectivity index is 1.65. The Labute approximate surface area is 116 Å². The Morgan fingerprint density at radius 2 is 2.25 bits per heavy atom. The molecule has 0 saturated heterocycles.